The largest absolute Gasteiger partial charge is 0.320 e. The number of hydrogen-bond donors (Lipinski definition) is 2. The van der Waals surface area contributed by atoms with Gasteiger partial charge in [-0.05, 0) is 25.0 Å². The molecule has 5 heteroatoms. The summed E-state index contributed by atoms with van der Waals surface area (Å²) in [6, 6.07) is 3.43. The molecule has 1 amide bonds. The summed E-state index contributed by atoms with van der Waals surface area (Å²) in [4.78, 5) is 11.9. The van der Waals surface area contributed by atoms with E-state index in [-0.39, 0.29) is 0 Å². The van der Waals surface area contributed by atoms with Crippen LogP contribution >= 0.6 is 0 Å². The molecule has 1 aliphatic rings. The fraction of sp³-hybridized carbons (Fsp3) is 0.417. The van der Waals surface area contributed by atoms with E-state index in [1.807, 2.05) is 0 Å². The Morgan fingerprint density at radius 1 is 1.24 bits per heavy atom. The lowest BCUT2D eigenvalue weighted by Gasteiger charge is -2.22. The van der Waals surface area contributed by atoms with E-state index in [4.69, 9.17) is 5.73 Å². The van der Waals surface area contributed by atoms with Crippen molar-refractivity contribution in [1.82, 2.24) is 0 Å². The fourth-order valence-corrected chi connectivity index (χ4v) is 2.09. The van der Waals surface area contributed by atoms with Crippen LogP contribution in [0.4, 0.5) is 14.5 Å². The molecule has 0 unspecified atom stereocenters. The van der Waals surface area contributed by atoms with E-state index in [1.165, 1.54) is 6.07 Å². The van der Waals surface area contributed by atoms with Gasteiger partial charge in [0, 0.05) is 0 Å². The summed E-state index contributed by atoms with van der Waals surface area (Å²) in [5, 5.41) is 2.25. The van der Waals surface area contributed by atoms with Gasteiger partial charge in [-0.2, -0.15) is 0 Å². The molecule has 1 aliphatic carbocycles. The van der Waals surface area contributed by atoms with Gasteiger partial charge in [0.05, 0.1) is 5.54 Å². The lowest BCUT2D eigenvalue weighted by Crippen LogP contribution is -2.48. The average molecular weight is 240 g/mol. The molecule has 0 atom stereocenters. The van der Waals surface area contributed by atoms with E-state index in [0.717, 1.165) is 25.0 Å². The molecule has 0 heterocycles. The zero-order valence-electron chi connectivity index (χ0n) is 9.30. The topological polar surface area (TPSA) is 55.1 Å². The molecule has 1 saturated carbocycles. The second kappa shape index (κ2) is 4.41. The van der Waals surface area contributed by atoms with Gasteiger partial charge in [0.15, 0.2) is 0 Å². The monoisotopic (exact) mass is 240 g/mol. The first kappa shape index (κ1) is 12.0. The predicted molar refractivity (Wildman–Crippen MR) is 60.4 cm³/mol. The Morgan fingerprint density at radius 3 is 2.29 bits per heavy atom. The van der Waals surface area contributed by atoms with Crippen LogP contribution in [0.3, 0.4) is 0 Å². The highest BCUT2D eigenvalue weighted by atomic mass is 19.1. The quantitative estimate of drug-likeness (QED) is 0.832. The van der Waals surface area contributed by atoms with Crippen molar-refractivity contribution in [3.63, 3.8) is 0 Å². The molecule has 3 N–H and O–H groups in total. The second-order valence-electron chi connectivity index (χ2n) is 4.41. The smallest absolute Gasteiger partial charge is 0.244 e. The molecule has 0 radical (unpaired) electrons. The molecule has 92 valence electrons. The summed E-state index contributed by atoms with van der Waals surface area (Å²) < 4.78 is 26.7. The van der Waals surface area contributed by atoms with Gasteiger partial charge in [0.2, 0.25) is 5.91 Å². The molecule has 17 heavy (non-hydrogen) atoms. The van der Waals surface area contributed by atoms with Gasteiger partial charge in [-0.1, -0.05) is 18.9 Å². The number of hydrogen-bond acceptors (Lipinski definition) is 2. The van der Waals surface area contributed by atoms with Gasteiger partial charge < -0.3 is 11.1 Å². The summed E-state index contributed by atoms with van der Waals surface area (Å²) in [5.74, 6) is -2.10. The van der Waals surface area contributed by atoms with Crippen molar-refractivity contribution in [2.24, 2.45) is 5.73 Å². The summed E-state index contributed by atoms with van der Waals surface area (Å²) in [7, 11) is 0. The standard InChI is InChI=1S/C12H14F2N2O/c13-8-4-3-5-9(14)10(8)16-11(17)12(15)6-1-2-7-12/h3-5H,1-2,6-7,15H2,(H,16,17). The van der Waals surface area contributed by atoms with Gasteiger partial charge >= 0.3 is 0 Å². The second-order valence-corrected chi connectivity index (χ2v) is 4.41. The first-order chi connectivity index (χ1) is 8.03. The van der Waals surface area contributed by atoms with Crippen LogP contribution < -0.4 is 11.1 Å². The summed E-state index contributed by atoms with van der Waals surface area (Å²) in [5.41, 5.74) is 4.48. The Balaban J connectivity index is 2.18. The van der Waals surface area contributed by atoms with E-state index in [1.54, 1.807) is 0 Å². The molecule has 0 aromatic heterocycles. The number of carbonyl (C=O) groups is 1. The lowest BCUT2D eigenvalue weighted by atomic mass is 9.98. The average Bonchev–Trinajstić information content (AvgIpc) is 2.72. The van der Waals surface area contributed by atoms with Gasteiger partial charge in [-0.3, -0.25) is 4.79 Å². The number of halogens is 2. The number of nitrogens with two attached hydrogens (primary N) is 1. The maximum absolute atomic E-state index is 13.3. The summed E-state index contributed by atoms with van der Waals surface area (Å²) in [6.45, 7) is 0. The molecule has 0 saturated heterocycles. The minimum atomic E-state index is -0.991. The third-order valence-electron chi connectivity index (χ3n) is 3.15. The number of nitrogens with one attached hydrogen (secondary N) is 1. The van der Waals surface area contributed by atoms with E-state index in [0.29, 0.717) is 12.8 Å². The van der Waals surface area contributed by atoms with E-state index in [2.05, 4.69) is 5.32 Å². The minimum absolute atomic E-state index is 0.422. The molecule has 2 rings (SSSR count). The van der Waals surface area contributed by atoms with E-state index >= 15 is 0 Å². The first-order valence-electron chi connectivity index (χ1n) is 5.57. The van der Waals surface area contributed by atoms with Crippen LogP contribution in [0.1, 0.15) is 25.7 Å². The minimum Gasteiger partial charge on any atom is -0.320 e. The van der Waals surface area contributed by atoms with Crippen molar-refractivity contribution in [2.45, 2.75) is 31.2 Å². The number of anilines is 1. The zero-order valence-corrected chi connectivity index (χ0v) is 9.30. The number of para-hydroxylation sites is 1. The lowest BCUT2D eigenvalue weighted by molar-refractivity contribution is -0.121. The highest BCUT2D eigenvalue weighted by Gasteiger charge is 2.37. The van der Waals surface area contributed by atoms with Crippen LogP contribution in [0.25, 0.3) is 0 Å². The molecule has 1 aromatic rings. The third kappa shape index (κ3) is 2.29. The summed E-state index contributed by atoms with van der Waals surface area (Å²) >= 11 is 0. The Hall–Kier alpha value is -1.49. The molecular formula is C12H14F2N2O. The van der Waals surface area contributed by atoms with Crippen molar-refractivity contribution in [1.29, 1.82) is 0 Å². The molecule has 0 bridgehead atoms. The Bertz CT molecular complexity index is 422. The van der Waals surface area contributed by atoms with E-state index in [9.17, 15) is 13.6 Å². The van der Waals surface area contributed by atoms with Gasteiger partial charge in [0.25, 0.3) is 0 Å². The van der Waals surface area contributed by atoms with Crippen LogP contribution in [-0.2, 0) is 4.79 Å². The molecule has 0 spiro atoms. The van der Waals surface area contributed by atoms with Gasteiger partial charge in [0.1, 0.15) is 17.3 Å². The molecule has 1 fully saturated rings. The molecular weight excluding hydrogens is 226 g/mol. The van der Waals surface area contributed by atoms with Crippen molar-refractivity contribution < 1.29 is 13.6 Å². The van der Waals surface area contributed by atoms with Crippen molar-refractivity contribution in [2.75, 3.05) is 5.32 Å². The molecule has 0 aliphatic heterocycles. The van der Waals surface area contributed by atoms with Crippen LogP contribution in [0.2, 0.25) is 0 Å². The highest BCUT2D eigenvalue weighted by Crippen LogP contribution is 2.29. The van der Waals surface area contributed by atoms with Crippen molar-refractivity contribution in [3.8, 4) is 0 Å². The fourth-order valence-electron chi connectivity index (χ4n) is 2.09. The summed E-state index contributed by atoms with van der Waals surface area (Å²) in [6.07, 6.45) is 2.83. The highest BCUT2D eigenvalue weighted by molar-refractivity contribution is 5.98. The van der Waals surface area contributed by atoms with Crippen LogP contribution in [0.5, 0.6) is 0 Å². The normalized spacial score (nSPS) is 18.1. The van der Waals surface area contributed by atoms with Gasteiger partial charge in [-0.15, -0.1) is 0 Å². The molecule has 3 nitrogen and oxygen atoms in total. The third-order valence-corrected chi connectivity index (χ3v) is 3.15. The Kier molecular flexibility index (Phi) is 3.11. The van der Waals surface area contributed by atoms with Crippen LogP contribution in [-0.4, -0.2) is 11.4 Å². The van der Waals surface area contributed by atoms with Crippen LogP contribution in [0.15, 0.2) is 18.2 Å². The maximum atomic E-state index is 13.3. The van der Waals surface area contributed by atoms with Crippen molar-refractivity contribution in [3.05, 3.63) is 29.8 Å². The predicted octanol–water partition coefficient (Wildman–Crippen LogP) is 2.17. The van der Waals surface area contributed by atoms with Crippen molar-refractivity contribution >= 4 is 11.6 Å². The maximum Gasteiger partial charge on any atom is 0.244 e. The Morgan fingerprint density at radius 2 is 1.76 bits per heavy atom. The zero-order chi connectivity index (χ0) is 12.5. The van der Waals surface area contributed by atoms with E-state index < -0.39 is 28.8 Å². The number of benzene rings is 1. The van der Waals surface area contributed by atoms with Crippen LogP contribution in [0, 0.1) is 11.6 Å². The number of rotatable bonds is 2. The first-order valence-corrected chi connectivity index (χ1v) is 5.57. The number of carbonyl (C=O) groups excluding carboxylic acids is 1. The number of amides is 1. The van der Waals surface area contributed by atoms with Gasteiger partial charge in [-0.25, -0.2) is 8.78 Å². The molecule has 1 aromatic carbocycles. The SMILES string of the molecule is NC1(C(=O)Nc2c(F)cccc2F)CCCC1. The Labute approximate surface area is 98.0 Å².